The van der Waals surface area contributed by atoms with Crippen molar-refractivity contribution in [2.45, 2.75) is 38.2 Å². The van der Waals surface area contributed by atoms with Gasteiger partial charge in [-0.15, -0.1) is 0 Å². The molecule has 1 aliphatic carbocycles. The van der Waals surface area contributed by atoms with Gasteiger partial charge in [0.15, 0.2) is 0 Å². The summed E-state index contributed by atoms with van der Waals surface area (Å²) in [5.74, 6) is 0.289. The number of nitrogens with two attached hydrogens (primary N) is 1. The maximum Gasteiger partial charge on any atom is 0.251 e. The van der Waals surface area contributed by atoms with E-state index in [1.807, 2.05) is 9.80 Å². The quantitative estimate of drug-likeness (QED) is 0.793. The minimum atomic E-state index is -0.305. The third-order valence-electron chi connectivity index (χ3n) is 5.24. The molecular weight excluding hydrogens is 270 g/mol. The van der Waals surface area contributed by atoms with E-state index in [0.717, 1.165) is 32.1 Å². The smallest absolute Gasteiger partial charge is 0.251 e. The molecule has 0 aromatic heterocycles. The Morgan fingerprint density at radius 2 is 1.76 bits per heavy atom. The highest BCUT2D eigenvalue weighted by Crippen LogP contribution is 2.41. The van der Waals surface area contributed by atoms with Gasteiger partial charge in [0.25, 0.3) is 5.91 Å². The van der Waals surface area contributed by atoms with Crippen molar-refractivity contribution in [3.63, 3.8) is 0 Å². The van der Waals surface area contributed by atoms with Crippen LogP contribution >= 0.6 is 0 Å². The van der Waals surface area contributed by atoms with E-state index in [-0.39, 0.29) is 23.3 Å². The summed E-state index contributed by atoms with van der Waals surface area (Å²) < 4.78 is 5.45. The minimum Gasteiger partial charge on any atom is -0.368 e. The van der Waals surface area contributed by atoms with Crippen molar-refractivity contribution in [3.8, 4) is 0 Å². The number of ether oxygens (including phenoxy) is 1. The summed E-state index contributed by atoms with van der Waals surface area (Å²) in [6.45, 7) is 3.61. The molecule has 0 aromatic rings. The lowest BCUT2D eigenvalue weighted by Gasteiger charge is -2.45. The van der Waals surface area contributed by atoms with Gasteiger partial charge in [0.2, 0.25) is 5.91 Å². The Morgan fingerprint density at radius 3 is 2.24 bits per heavy atom. The molecule has 1 saturated carbocycles. The number of nitrogens with zero attached hydrogens (tertiary/aromatic N) is 2. The molecule has 2 saturated heterocycles. The van der Waals surface area contributed by atoms with Gasteiger partial charge in [-0.05, 0) is 25.7 Å². The van der Waals surface area contributed by atoms with E-state index < -0.39 is 0 Å². The van der Waals surface area contributed by atoms with Gasteiger partial charge in [-0.2, -0.15) is 0 Å². The Labute approximate surface area is 125 Å². The highest BCUT2D eigenvalue weighted by atomic mass is 16.5. The monoisotopic (exact) mass is 295 g/mol. The highest BCUT2D eigenvalue weighted by Gasteiger charge is 2.45. The van der Waals surface area contributed by atoms with Gasteiger partial charge in [-0.1, -0.05) is 6.42 Å². The van der Waals surface area contributed by atoms with Crippen molar-refractivity contribution in [2.75, 3.05) is 39.3 Å². The number of hydrogen-bond acceptors (Lipinski definition) is 4. The molecule has 1 atom stereocenters. The molecule has 2 heterocycles. The normalized spacial score (nSPS) is 28.3. The SMILES string of the molecule is NCC1(C(=O)N2CCN(C(=O)C3CCCO3)CC2)CCC1. The molecule has 2 N–H and O–H groups in total. The molecule has 21 heavy (non-hydrogen) atoms. The number of hydrogen-bond donors (Lipinski definition) is 1. The molecule has 0 bridgehead atoms. The zero-order valence-electron chi connectivity index (χ0n) is 12.6. The van der Waals surface area contributed by atoms with Crippen LogP contribution in [-0.4, -0.2) is 67.0 Å². The first kappa shape index (κ1) is 14.8. The molecule has 1 unspecified atom stereocenters. The van der Waals surface area contributed by atoms with Crippen LogP contribution in [0.1, 0.15) is 32.1 Å². The molecule has 6 heteroatoms. The Hall–Kier alpha value is -1.14. The zero-order chi connectivity index (χ0) is 14.9. The maximum absolute atomic E-state index is 12.6. The lowest BCUT2D eigenvalue weighted by atomic mass is 9.67. The predicted octanol–water partition coefficient (Wildman–Crippen LogP) is -0.0348. The first-order chi connectivity index (χ1) is 10.2. The van der Waals surface area contributed by atoms with Crippen LogP contribution in [0.5, 0.6) is 0 Å². The lowest BCUT2D eigenvalue weighted by Crippen LogP contribution is -2.58. The van der Waals surface area contributed by atoms with E-state index in [0.29, 0.717) is 39.3 Å². The van der Waals surface area contributed by atoms with E-state index in [9.17, 15) is 9.59 Å². The lowest BCUT2D eigenvalue weighted by molar-refractivity contribution is -0.153. The van der Waals surface area contributed by atoms with Crippen molar-refractivity contribution >= 4 is 11.8 Å². The van der Waals surface area contributed by atoms with Crippen molar-refractivity contribution in [1.29, 1.82) is 0 Å². The fraction of sp³-hybridized carbons (Fsp3) is 0.867. The zero-order valence-corrected chi connectivity index (χ0v) is 12.6. The summed E-state index contributed by atoms with van der Waals surface area (Å²) in [6.07, 6.45) is 4.46. The summed E-state index contributed by atoms with van der Waals surface area (Å²) >= 11 is 0. The molecule has 118 valence electrons. The first-order valence-electron chi connectivity index (χ1n) is 8.06. The summed E-state index contributed by atoms with van der Waals surface area (Å²) in [5, 5.41) is 0. The topological polar surface area (TPSA) is 75.9 Å². The molecule has 0 radical (unpaired) electrons. The van der Waals surface area contributed by atoms with Crippen LogP contribution in [0.2, 0.25) is 0 Å². The van der Waals surface area contributed by atoms with Crippen LogP contribution in [-0.2, 0) is 14.3 Å². The second-order valence-electron chi connectivity index (χ2n) is 6.46. The Bertz CT molecular complexity index is 403. The van der Waals surface area contributed by atoms with E-state index in [4.69, 9.17) is 10.5 Å². The molecule has 3 rings (SSSR count). The molecule has 3 fully saturated rings. The average molecular weight is 295 g/mol. The van der Waals surface area contributed by atoms with Gasteiger partial charge in [-0.25, -0.2) is 0 Å². The average Bonchev–Trinajstić information content (AvgIpc) is 3.00. The van der Waals surface area contributed by atoms with Gasteiger partial charge in [0.05, 0.1) is 5.41 Å². The van der Waals surface area contributed by atoms with Crippen LogP contribution in [0.15, 0.2) is 0 Å². The summed E-state index contributed by atoms with van der Waals surface area (Å²) in [6, 6.07) is 0. The first-order valence-corrected chi connectivity index (χ1v) is 8.06. The fourth-order valence-corrected chi connectivity index (χ4v) is 3.55. The minimum absolute atomic E-state index is 0.0942. The molecule has 6 nitrogen and oxygen atoms in total. The van der Waals surface area contributed by atoms with Gasteiger partial charge in [-0.3, -0.25) is 9.59 Å². The highest BCUT2D eigenvalue weighted by molar-refractivity contribution is 5.85. The second kappa shape index (κ2) is 5.93. The third kappa shape index (κ3) is 2.66. The van der Waals surface area contributed by atoms with Crippen LogP contribution in [0, 0.1) is 5.41 Å². The number of carbonyl (C=O) groups is 2. The Morgan fingerprint density at radius 1 is 1.10 bits per heavy atom. The molecule has 3 aliphatic rings. The molecule has 0 aromatic carbocycles. The Kier molecular flexibility index (Phi) is 4.17. The van der Waals surface area contributed by atoms with Crippen molar-refractivity contribution in [2.24, 2.45) is 11.1 Å². The standard InChI is InChI=1S/C15H25N3O3/c16-11-15(4-2-5-15)14(20)18-8-6-17(7-9-18)13(19)12-3-1-10-21-12/h12H,1-11,16H2. The number of rotatable bonds is 3. The van der Waals surface area contributed by atoms with Gasteiger partial charge in [0, 0.05) is 39.3 Å². The fourth-order valence-electron chi connectivity index (χ4n) is 3.55. The predicted molar refractivity (Wildman–Crippen MR) is 77.5 cm³/mol. The molecule has 0 spiro atoms. The van der Waals surface area contributed by atoms with Gasteiger partial charge < -0.3 is 20.3 Å². The van der Waals surface area contributed by atoms with Crippen LogP contribution in [0.4, 0.5) is 0 Å². The molecular formula is C15H25N3O3. The Balaban J connectivity index is 1.53. The van der Waals surface area contributed by atoms with Crippen molar-refractivity contribution in [1.82, 2.24) is 9.80 Å². The van der Waals surface area contributed by atoms with E-state index in [2.05, 4.69) is 0 Å². The summed E-state index contributed by atoms with van der Waals surface area (Å²) in [7, 11) is 0. The van der Waals surface area contributed by atoms with E-state index >= 15 is 0 Å². The molecule has 2 aliphatic heterocycles. The van der Waals surface area contributed by atoms with E-state index in [1.165, 1.54) is 0 Å². The van der Waals surface area contributed by atoms with Crippen LogP contribution < -0.4 is 5.73 Å². The van der Waals surface area contributed by atoms with Crippen LogP contribution in [0.25, 0.3) is 0 Å². The maximum atomic E-state index is 12.6. The number of carbonyl (C=O) groups excluding carboxylic acids is 2. The third-order valence-corrected chi connectivity index (χ3v) is 5.24. The number of piperazine rings is 1. The van der Waals surface area contributed by atoms with Crippen LogP contribution in [0.3, 0.4) is 0 Å². The van der Waals surface area contributed by atoms with E-state index in [1.54, 1.807) is 0 Å². The summed E-state index contributed by atoms with van der Waals surface area (Å²) in [5.41, 5.74) is 5.50. The van der Waals surface area contributed by atoms with Crippen molar-refractivity contribution < 1.29 is 14.3 Å². The molecule has 2 amide bonds. The van der Waals surface area contributed by atoms with Crippen molar-refractivity contribution in [3.05, 3.63) is 0 Å². The second-order valence-corrected chi connectivity index (χ2v) is 6.46. The van der Waals surface area contributed by atoms with Gasteiger partial charge in [0.1, 0.15) is 6.10 Å². The summed E-state index contributed by atoms with van der Waals surface area (Å²) in [4.78, 5) is 28.6. The largest absolute Gasteiger partial charge is 0.368 e. The van der Waals surface area contributed by atoms with Gasteiger partial charge >= 0.3 is 0 Å². The number of amides is 2.